The van der Waals surface area contributed by atoms with Crippen molar-refractivity contribution < 1.29 is 9.68 Å². The Morgan fingerprint density at radius 1 is 1.13 bits per heavy atom. The number of anilines is 2. The number of pyridine rings is 1. The normalized spacial score (nSPS) is 14.3. The summed E-state index contributed by atoms with van der Waals surface area (Å²) in [5, 5.41) is 18.1. The molecule has 7 heteroatoms. The zero-order valence-corrected chi connectivity index (χ0v) is 17.8. The van der Waals surface area contributed by atoms with Crippen molar-refractivity contribution >= 4 is 34.3 Å². The number of nitrogens with zero attached hydrogens (tertiary/aromatic N) is 2. The van der Waals surface area contributed by atoms with Gasteiger partial charge in [-0.25, -0.2) is 4.98 Å². The van der Waals surface area contributed by atoms with Crippen molar-refractivity contribution in [1.29, 1.82) is 5.41 Å². The van der Waals surface area contributed by atoms with E-state index in [-0.39, 0.29) is 6.61 Å². The number of aromatic nitrogens is 1. The van der Waals surface area contributed by atoms with E-state index in [9.17, 15) is 5.11 Å². The lowest BCUT2D eigenvalue weighted by molar-refractivity contribution is -0.500. The highest BCUT2D eigenvalue weighted by Crippen LogP contribution is 2.38. The maximum Gasteiger partial charge on any atom is 0.276 e. The number of likely N-dealkylation sites (N-methyl/N-ethyl adjacent to an activating group) is 1. The minimum absolute atomic E-state index is 0.00894. The van der Waals surface area contributed by atoms with Gasteiger partial charge in [0.15, 0.2) is 0 Å². The number of hydrogen-bond donors (Lipinski definition) is 5. The lowest BCUT2D eigenvalue weighted by atomic mass is 9.84. The van der Waals surface area contributed by atoms with E-state index in [0.717, 1.165) is 59.0 Å². The van der Waals surface area contributed by atoms with Gasteiger partial charge in [-0.15, -0.1) is 0 Å². The molecule has 0 aliphatic heterocycles. The number of nitrogen functional groups attached to an aromatic ring is 2. The van der Waals surface area contributed by atoms with Crippen molar-refractivity contribution in [3.8, 4) is 11.3 Å². The minimum Gasteiger partial charge on any atom is -0.398 e. The van der Waals surface area contributed by atoms with Crippen LogP contribution in [0.15, 0.2) is 30.3 Å². The molecule has 0 amide bonds. The molecule has 1 aliphatic carbocycles. The van der Waals surface area contributed by atoms with Gasteiger partial charge >= 0.3 is 0 Å². The molecule has 1 aromatic heterocycles. The van der Waals surface area contributed by atoms with Crippen LogP contribution in [0.3, 0.4) is 0 Å². The van der Waals surface area contributed by atoms with Crippen molar-refractivity contribution in [2.75, 3.05) is 31.7 Å². The van der Waals surface area contributed by atoms with E-state index >= 15 is 0 Å². The van der Waals surface area contributed by atoms with E-state index < -0.39 is 0 Å². The smallest absolute Gasteiger partial charge is 0.276 e. The standard InChI is InChI=1S/C24H28N6O/c1-30(10-11-31)24(28)17-12-14(6-7-19(17)26)23-16-5-3-2-4-15(16)22-18(13-25)20(27)8-9-21(22)29-23/h6-9,12-13,31H,2-5,10-11H2,1H3,(H6,25,26,27,28,29)/p+1. The van der Waals surface area contributed by atoms with Crippen molar-refractivity contribution in [2.45, 2.75) is 25.7 Å². The van der Waals surface area contributed by atoms with E-state index in [1.165, 1.54) is 17.3 Å². The first-order valence-corrected chi connectivity index (χ1v) is 10.5. The Balaban J connectivity index is 1.98. The molecule has 160 valence electrons. The highest BCUT2D eigenvalue weighted by Gasteiger charge is 2.23. The Labute approximate surface area is 181 Å². The summed E-state index contributed by atoms with van der Waals surface area (Å²) in [7, 11) is 1.83. The molecule has 1 aliphatic rings. The number of rotatable bonds is 5. The van der Waals surface area contributed by atoms with Crippen LogP contribution in [-0.4, -0.2) is 46.9 Å². The number of fused-ring (bicyclic) bond motifs is 3. The number of amidine groups is 1. The van der Waals surface area contributed by atoms with E-state index in [0.29, 0.717) is 23.8 Å². The van der Waals surface area contributed by atoms with Crippen LogP contribution < -0.4 is 17.2 Å². The number of nitrogens with two attached hydrogens (primary N) is 3. The molecule has 31 heavy (non-hydrogen) atoms. The predicted molar refractivity (Wildman–Crippen MR) is 127 cm³/mol. The maximum absolute atomic E-state index is 9.25. The van der Waals surface area contributed by atoms with E-state index in [1.807, 2.05) is 37.4 Å². The quantitative estimate of drug-likeness (QED) is 0.188. The molecule has 0 radical (unpaired) electrons. The summed E-state index contributed by atoms with van der Waals surface area (Å²) < 4.78 is 1.79. The molecule has 0 saturated carbocycles. The van der Waals surface area contributed by atoms with Crippen LogP contribution in [-0.2, 0) is 12.8 Å². The Hall–Kier alpha value is -3.45. The lowest BCUT2D eigenvalue weighted by Gasteiger charge is -2.23. The maximum atomic E-state index is 9.25. The fraction of sp³-hybridized carbons (Fsp3) is 0.292. The number of aryl methyl sites for hydroxylation is 1. The second kappa shape index (κ2) is 8.35. The van der Waals surface area contributed by atoms with Crippen LogP contribution >= 0.6 is 0 Å². The van der Waals surface area contributed by atoms with Crippen LogP contribution in [0.5, 0.6) is 0 Å². The van der Waals surface area contributed by atoms with Crippen LogP contribution in [0.1, 0.15) is 35.1 Å². The molecular weight excluding hydrogens is 388 g/mol. The SMILES string of the molecule is C[N+](CCO)=C(N)c1cc(-c2nc3ccc(N)c(C=N)c3c3c2CCCC3)ccc1N. The Morgan fingerprint density at radius 3 is 2.55 bits per heavy atom. The molecule has 0 bridgehead atoms. The second-order valence-electron chi connectivity index (χ2n) is 8.06. The summed E-state index contributed by atoms with van der Waals surface area (Å²) in [6, 6.07) is 9.58. The molecular formula is C24H29N6O+. The Bertz CT molecular complexity index is 1210. The summed E-state index contributed by atoms with van der Waals surface area (Å²) in [6.07, 6.45) is 5.42. The molecule has 0 unspecified atom stereocenters. The number of nitrogens with one attached hydrogen (secondary N) is 1. The summed E-state index contributed by atoms with van der Waals surface area (Å²) >= 11 is 0. The summed E-state index contributed by atoms with van der Waals surface area (Å²) in [5.41, 5.74) is 26.6. The predicted octanol–water partition coefficient (Wildman–Crippen LogP) is 2.28. The first-order valence-electron chi connectivity index (χ1n) is 10.5. The van der Waals surface area contributed by atoms with Gasteiger partial charge in [-0.1, -0.05) is 6.07 Å². The van der Waals surface area contributed by atoms with Crippen LogP contribution in [0.4, 0.5) is 11.4 Å². The molecule has 0 fully saturated rings. The van der Waals surface area contributed by atoms with E-state index in [1.54, 1.807) is 4.58 Å². The highest BCUT2D eigenvalue weighted by atomic mass is 16.3. The van der Waals surface area contributed by atoms with Crippen molar-refractivity contribution in [1.82, 2.24) is 4.98 Å². The molecule has 0 atom stereocenters. The van der Waals surface area contributed by atoms with Crippen LogP contribution in [0.25, 0.3) is 22.2 Å². The third-order valence-electron chi connectivity index (χ3n) is 6.14. The van der Waals surface area contributed by atoms with Crippen molar-refractivity contribution in [3.63, 3.8) is 0 Å². The average Bonchev–Trinajstić information content (AvgIpc) is 2.78. The van der Waals surface area contributed by atoms with Crippen LogP contribution in [0.2, 0.25) is 0 Å². The zero-order valence-electron chi connectivity index (χ0n) is 17.8. The lowest BCUT2D eigenvalue weighted by Crippen LogP contribution is -2.29. The molecule has 0 saturated heterocycles. The van der Waals surface area contributed by atoms with Gasteiger partial charge in [0.25, 0.3) is 5.84 Å². The highest BCUT2D eigenvalue weighted by molar-refractivity contribution is 6.06. The van der Waals surface area contributed by atoms with Gasteiger partial charge in [0.05, 0.1) is 30.4 Å². The van der Waals surface area contributed by atoms with Gasteiger partial charge in [-0.05, 0) is 61.1 Å². The largest absolute Gasteiger partial charge is 0.398 e. The molecule has 8 N–H and O–H groups in total. The fourth-order valence-corrected chi connectivity index (χ4v) is 4.46. The minimum atomic E-state index is 0.00894. The third kappa shape index (κ3) is 3.61. The van der Waals surface area contributed by atoms with Gasteiger partial charge in [-0.2, -0.15) is 0 Å². The van der Waals surface area contributed by atoms with Gasteiger partial charge in [-0.3, -0.25) is 10.3 Å². The Kier molecular flexibility index (Phi) is 5.61. The van der Waals surface area contributed by atoms with Gasteiger partial charge in [0, 0.05) is 34.1 Å². The van der Waals surface area contributed by atoms with E-state index in [2.05, 4.69) is 0 Å². The molecule has 7 nitrogen and oxygen atoms in total. The monoisotopic (exact) mass is 417 g/mol. The first kappa shape index (κ1) is 20.8. The topological polar surface area (TPSA) is 138 Å². The first-order chi connectivity index (χ1) is 15.0. The molecule has 1 heterocycles. The summed E-state index contributed by atoms with van der Waals surface area (Å²) in [6.45, 7) is 0.433. The fourth-order valence-electron chi connectivity index (χ4n) is 4.46. The van der Waals surface area contributed by atoms with Gasteiger partial charge < -0.3 is 22.0 Å². The molecule has 0 spiro atoms. The van der Waals surface area contributed by atoms with Crippen molar-refractivity contribution in [3.05, 3.63) is 52.6 Å². The molecule has 3 aromatic rings. The number of aliphatic hydroxyl groups excluding tert-OH is 1. The van der Waals surface area contributed by atoms with Crippen LogP contribution in [0, 0.1) is 5.41 Å². The van der Waals surface area contributed by atoms with Crippen molar-refractivity contribution in [2.24, 2.45) is 5.73 Å². The second-order valence-corrected chi connectivity index (χ2v) is 8.06. The van der Waals surface area contributed by atoms with E-state index in [4.69, 9.17) is 27.6 Å². The third-order valence-corrected chi connectivity index (χ3v) is 6.14. The molecule has 4 rings (SSSR count). The molecule has 2 aromatic carbocycles. The number of benzene rings is 2. The zero-order chi connectivity index (χ0) is 22.1. The van der Waals surface area contributed by atoms with Gasteiger partial charge in [0.1, 0.15) is 6.54 Å². The number of aliphatic hydroxyl groups is 1. The Morgan fingerprint density at radius 2 is 1.84 bits per heavy atom. The summed E-state index contributed by atoms with van der Waals surface area (Å²) in [4.78, 5) is 5.02. The van der Waals surface area contributed by atoms with Gasteiger partial charge in [0.2, 0.25) is 0 Å². The number of hydrogen-bond acceptors (Lipinski definition) is 5. The summed E-state index contributed by atoms with van der Waals surface area (Å²) in [5.74, 6) is 0.516. The average molecular weight is 418 g/mol.